The van der Waals surface area contributed by atoms with Gasteiger partial charge in [-0.2, -0.15) is 0 Å². The van der Waals surface area contributed by atoms with Gasteiger partial charge in [0, 0.05) is 12.5 Å². The summed E-state index contributed by atoms with van der Waals surface area (Å²) in [6.45, 7) is 3.71. The van der Waals surface area contributed by atoms with E-state index in [-0.39, 0.29) is 25.7 Å². The van der Waals surface area contributed by atoms with E-state index in [0.29, 0.717) is 6.42 Å². The van der Waals surface area contributed by atoms with Gasteiger partial charge in [-0.3, -0.25) is 4.79 Å². The Morgan fingerprint density at radius 2 is 1.65 bits per heavy atom. The van der Waals surface area contributed by atoms with Crippen LogP contribution in [0.1, 0.15) is 37.3 Å². The number of carboxylic acids is 1. The molecule has 1 aliphatic rings. The average molecular weight is 467 g/mol. The molecule has 2 aromatic carbocycles. The Morgan fingerprint density at radius 1 is 1.03 bits per heavy atom. The summed E-state index contributed by atoms with van der Waals surface area (Å²) in [5, 5.41) is 13.9. The largest absolute Gasteiger partial charge is 0.480 e. The first-order chi connectivity index (χ1) is 16.4. The van der Waals surface area contributed by atoms with Crippen LogP contribution in [0.3, 0.4) is 0 Å². The number of alkyl carbamates (subject to hydrolysis) is 1. The van der Waals surface area contributed by atoms with Gasteiger partial charge < -0.3 is 25.2 Å². The van der Waals surface area contributed by atoms with E-state index in [1.807, 2.05) is 56.3 Å². The zero-order valence-corrected chi connectivity index (χ0v) is 19.4. The number of benzene rings is 2. The Labute approximate surface area is 199 Å². The third-order valence-electron chi connectivity index (χ3n) is 5.49. The van der Waals surface area contributed by atoms with E-state index >= 15 is 0 Å². The topological polar surface area (TPSA) is 114 Å². The summed E-state index contributed by atoms with van der Waals surface area (Å²) in [4.78, 5) is 35.7. The summed E-state index contributed by atoms with van der Waals surface area (Å²) in [5.74, 6) is -1.55. The van der Waals surface area contributed by atoms with Gasteiger partial charge in [0.15, 0.2) is 0 Å². The summed E-state index contributed by atoms with van der Waals surface area (Å²) >= 11 is 0. The lowest BCUT2D eigenvalue weighted by Gasteiger charge is -2.19. The first-order valence-corrected chi connectivity index (χ1v) is 11.2. The number of carboxylic acid groups (broad SMARTS) is 1. The molecule has 2 aromatic rings. The minimum Gasteiger partial charge on any atom is -0.480 e. The quantitative estimate of drug-likeness (QED) is 0.345. The van der Waals surface area contributed by atoms with Gasteiger partial charge >= 0.3 is 12.1 Å². The van der Waals surface area contributed by atoms with Crippen LogP contribution in [0.15, 0.2) is 60.2 Å². The molecule has 0 fully saturated rings. The minimum absolute atomic E-state index is 0.0539. The van der Waals surface area contributed by atoms with Crippen molar-refractivity contribution in [3.05, 3.63) is 71.3 Å². The predicted octanol–water partition coefficient (Wildman–Crippen LogP) is 3.47. The molecule has 8 heteroatoms. The van der Waals surface area contributed by atoms with Gasteiger partial charge in [-0.15, -0.1) is 0 Å². The molecule has 0 spiro atoms. The van der Waals surface area contributed by atoms with Crippen LogP contribution >= 0.6 is 0 Å². The fourth-order valence-electron chi connectivity index (χ4n) is 3.90. The van der Waals surface area contributed by atoms with Gasteiger partial charge in [0.1, 0.15) is 19.3 Å². The number of nitrogens with one attached hydrogen (secondary N) is 2. The lowest BCUT2D eigenvalue weighted by atomic mass is 9.98. The molecule has 0 bridgehead atoms. The van der Waals surface area contributed by atoms with E-state index in [9.17, 15) is 14.4 Å². The Hall–Kier alpha value is -3.65. The molecule has 1 atom stereocenters. The molecule has 0 aromatic heterocycles. The molecule has 0 heterocycles. The number of hydrogen-bond acceptors (Lipinski definition) is 5. The van der Waals surface area contributed by atoms with Crippen molar-refractivity contribution in [3.63, 3.8) is 0 Å². The second-order valence-corrected chi connectivity index (χ2v) is 8.28. The van der Waals surface area contributed by atoms with E-state index < -0.39 is 30.6 Å². The summed E-state index contributed by atoms with van der Waals surface area (Å²) in [6.07, 6.45) is 1.48. The van der Waals surface area contributed by atoms with E-state index in [2.05, 4.69) is 22.8 Å². The van der Waals surface area contributed by atoms with Gasteiger partial charge in [0.2, 0.25) is 5.91 Å². The number of hydrogen-bond donors (Lipinski definition) is 3. The maximum Gasteiger partial charge on any atom is 0.407 e. The number of allylic oxidation sites excluding steroid dienone is 1. The van der Waals surface area contributed by atoms with Crippen molar-refractivity contribution in [1.29, 1.82) is 0 Å². The van der Waals surface area contributed by atoms with Gasteiger partial charge in [0.25, 0.3) is 0 Å². The fraction of sp³-hybridized carbons (Fsp3) is 0.346. The average Bonchev–Trinajstić information content (AvgIpc) is 3.13. The molecule has 3 rings (SSSR count). The van der Waals surface area contributed by atoms with Crippen molar-refractivity contribution in [3.8, 4) is 11.1 Å². The van der Waals surface area contributed by atoms with Crippen LogP contribution in [0.25, 0.3) is 11.1 Å². The molecule has 3 N–H and O–H groups in total. The van der Waals surface area contributed by atoms with Crippen LogP contribution in [0.5, 0.6) is 0 Å². The molecular formula is C26H30N2O6. The molecule has 8 nitrogen and oxygen atoms in total. The maximum atomic E-state index is 12.6. The summed E-state index contributed by atoms with van der Waals surface area (Å²) < 4.78 is 10.5. The van der Waals surface area contributed by atoms with Crippen LogP contribution in [-0.2, 0) is 19.1 Å². The maximum absolute atomic E-state index is 12.6. The third-order valence-corrected chi connectivity index (χ3v) is 5.49. The van der Waals surface area contributed by atoms with Crippen LogP contribution < -0.4 is 10.6 Å². The van der Waals surface area contributed by atoms with Crippen LogP contribution in [0.2, 0.25) is 0 Å². The highest BCUT2D eigenvalue weighted by molar-refractivity contribution is 5.86. The number of ether oxygens (including phenoxy) is 2. The standard InChI is InChI=1S/C26H30N2O6/c1-17(2)11-12-23(25(31)27-13-14-33-16-24(29)30)28-26(32)34-15-22-20-9-5-3-7-18(20)19-8-4-6-10-21(19)22/h3-11,22-23H,12-16H2,1-2H3,(H,27,31)(H,28,32)(H,29,30). The molecule has 0 radical (unpaired) electrons. The van der Waals surface area contributed by atoms with Crippen molar-refractivity contribution in [2.45, 2.75) is 32.2 Å². The number of carbonyl (C=O) groups excluding carboxylic acids is 2. The lowest BCUT2D eigenvalue weighted by molar-refractivity contribution is -0.142. The van der Waals surface area contributed by atoms with Crippen molar-refractivity contribution in [2.24, 2.45) is 0 Å². The Balaban J connectivity index is 1.58. The molecule has 1 aliphatic carbocycles. The first kappa shape index (κ1) is 25.0. The molecule has 34 heavy (non-hydrogen) atoms. The molecule has 0 aliphatic heterocycles. The van der Waals surface area contributed by atoms with Gasteiger partial charge in [-0.1, -0.05) is 60.2 Å². The van der Waals surface area contributed by atoms with Crippen molar-refractivity contribution in [2.75, 3.05) is 26.4 Å². The summed E-state index contributed by atoms with van der Waals surface area (Å²) in [5.41, 5.74) is 5.50. The highest BCUT2D eigenvalue weighted by Gasteiger charge is 2.29. The van der Waals surface area contributed by atoms with Gasteiger partial charge in [-0.25, -0.2) is 9.59 Å². The number of aliphatic carboxylic acids is 1. The number of amides is 2. The molecular weight excluding hydrogens is 436 g/mol. The smallest absolute Gasteiger partial charge is 0.407 e. The minimum atomic E-state index is -1.08. The number of fused-ring (bicyclic) bond motifs is 3. The SMILES string of the molecule is CC(C)=CCC(NC(=O)OCC1c2ccccc2-c2ccccc21)C(=O)NCCOCC(=O)O. The Bertz CT molecular complexity index is 1020. The zero-order valence-electron chi connectivity index (χ0n) is 19.4. The zero-order chi connectivity index (χ0) is 24.5. The van der Waals surface area contributed by atoms with Crippen LogP contribution in [0, 0.1) is 0 Å². The first-order valence-electron chi connectivity index (χ1n) is 11.2. The molecule has 0 saturated heterocycles. The monoisotopic (exact) mass is 466 g/mol. The highest BCUT2D eigenvalue weighted by Crippen LogP contribution is 2.44. The Morgan fingerprint density at radius 3 is 2.24 bits per heavy atom. The van der Waals surface area contributed by atoms with E-state index in [4.69, 9.17) is 14.6 Å². The number of rotatable bonds is 11. The van der Waals surface area contributed by atoms with Crippen molar-refractivity contribution >= 4 is 18.0 Å². The van der Waals surface area contributed by atoms with Crippen molar-refractivity contribution < 1.29 is 29.0 Å². The molecule has 0 saturated carbocycles. The van der Waals surface area contributed by atoms with E-state index in [0.717, 1.165) is 27.8 Å². The Kier molecular flexibility index (Phi) is 8.81. The van der Waals surface area contributed by atoms with E-state index in [1.54, 1.807) is 0 Å². The summed E-state index contributed by atoms with van der Waals surface area (Å²) in [6, 6.07) is 15.3. The summed E-state index contributed by atoms with van der Waals surface area (Å²) in [7, 11) is 0. The lowest BCUT2D eigenvalue weighted by Crippen LogP contribution is -2.47. The van der Waals surface area contributed by atoms with Gasteiger partial charge in [0.05, 0.1) is 6.61 Å². The molecule has 180 valence electrons. The second-order valence-electron chi connectivity index (χ2n) is 8.28. The highest BCUT2D eigenvalue weighted by atomic mass is 16.5. The number of carbonyl (C=O) groups is 3. The normalized spacial score (nSPS) is 12.8. The van der Waals surface area contributed by atoms with Crippen LogP contribution in [0.4, 0.5) is 4.79 Å². The van der Waals surface area contributed by atoms with Gasteiger partial charge in [-0.05, 0) is 42.5 Å². The fourth-order valence-corrected chi connectivity index (χ4v) is 3.90. The third kappa shape index (κ3) is 6.68. The van der Waals surface area contributed by atoms with E-state index in [1.165, 1.54) is 0 Å². The van der Waals surface area contributed by atoms with Crippen LogP contribution in [-0.4, -0.2) is 55.5 Å². The second kappa shape index (κ2) is 12.0. The van der Waals surface area contributed by atoms with Crippen molar-refractivity contribution in [1.82, 2.24) is 10.6 Å². The molecule has 1 unspecified atom stereocenters. The predicted molar refractivity (Wildman–Crippen MR) is 128 cm³/mol. The molecule has 2 amide bonds.